The zero-order valence-electron chi connectivity index (χ0n) is 15.8. The number of hydrogen-bond donors (Lipinski definition) is 2. The summed E-state index contributed by atoms with van der Waals surface area (Å²) in [6.07, 6.45) is 0. The number of hydrogen-bond acceptors (Lipinski definition) is 0. The van der Waals surface area contributed by atoms with Gasteiger partial charge in [-0.25, -0.2) is 0 Å². The molecule has 0 saturated carbocycles. The first-order chi connectivity index (χ1) is 12.2. The van der Waals surface area contributed by atoms with Crippen molar-refractivity contribution in [3.05, 3.63) is 48.0 Å². The molecule has 0 radical (unpaired) electrons. The maximum Gasteiger partial charge on any atom is 0.127 e. The first kappa shape index (κ1) is 16.6. The minimum absolute atomic E-state index is 0.762. The van der Waals surface area contributed by atoms with E-state index in [4.69, 9.17) is 0 Å². The molecule has 1 aliphatic heterocycles. The van der Waals surface area contributed by atoms with Gasteiger partial charge in [-0.2, -0.15) is 0 Å². The number of nitrogens with one attached hydrogen (secondary N) is 2. The summed E-state index contributed by atoms with van der Waals surface area (Å²) in [4.78, 5) is 3.51. The Bertz CT molecular complexity index is 869. The zero-order valence-corrected chi connectivity index (χ0v) is 15.8. The Morgan fingerprint density at radius 2 is 1.64 bits per heavy atom. The van der Waals surface area contributed by atoms with Gasteiger partial charge in [0.1, 0.15) is 32.7 Å². The van der Waals surface area contributed by atoms with E-state index < -0.39 is 0 Å². The molecule has 2 heterocycles. The molecular weight excluding hydrogens is 306 g/mol. The molecule has 3 heteroatoms. The molecule has 0 amide bonds. The highest BCUT2D eigenvalue weighted by molar-refractivity contribution is 6.08. The monoisotopic (exact) mass is 337 g/mol. The molecule has 0 aliphatic carbocycles. The highest BCUT2D eigenvalue weighted by Crippen LogP contribution is 2.29. The van der Waals surface area contributed by atoms with Crippen LogP contribution in [0.4, 0.5) is 0 Å². The molecule has 25 heavy (non-hydrogen) atoms. The van der Waals surface area contributed by atoms with Crippen molar-refractivity contribution in [1.82, 2.24) is 4.57 Å². The average Bonchev–Trinajstić information content (AvgIpc) is 2.95. The summed E-state index contributed by atoms with van der Waals surface area (Å²) in [6, 6.07) is 16.7. The molecular formula is C22H31N3+2. The van der Waals surface area contributed by atoms with Crippen LogP contribution in [0.25, 0.3) is 21.8 Å². The van der Waals surface area contributed by atoms with Crippen LogP contribution < -0.4 is 9.80 Å². The Labute approximate surface area is 150 Å². The molecule has 1 fully saturated rings. The van der Waals surface area contributed by atoms with Crippen molar-refractivity contribution in [2.45, 2.75) is 39.9 Å². The lowest BCUT2D eigenvalue weighted by Gasteiger charge is -2.32. The number of aryl methyl sites for hydroxylation is 1. The third-order valence-corrected chi connectivity index (χ3v) is 6.02. The van der Waals surface area contributed by atoms with Gasteiger partial charge in [-0.1, -0.05) is 24.3 Å². The summed E-state index contributed by atoms with van der Waals surface area (Å²) in [7, 11) is 0. The number of para-hydroxylation sites is 1. The minimum atomic E-state index is 0.762. The van der Waals surface area contributed by atoms with Crippen molar-refractivity contribution in [3.8, 4) is 0 Å². The number of nitrogens with zero attached hydrogens (tertiary/aromatic N) is 1. The third-order valence-electron chi connectivity index (χ3n) is 6.02. The second-order valence-electron chi connectivity index (χ2n) is 7.85. The predicted octanol–water partition coefficient (Wildman–Crippen LogP) is 1.51. The van der Waals surface area contributed by atoms with Gasteiger partial charge in [-0.15, -0.1) is 0 Å². The van der Waals surface area contributed by atoms with Crippen LogP contribution in [0, 0.1) is 0 Å². The summed E-state index contributed by atoms with van der Waals surface area (Å²) in [6.45, 7) is 14.3. The lowest BCUT2D eigenvalue weighted by Crippen LogP contribution is -3.28. The quantitative estimate of drug-likeness (QED) is 0.717. The van der Waals surface area contributed by atoms with Crippen LogP contribution in [-0.4, -0.2) is 36.8 Å². The van der Waals surface area contributed by atoms with Gasteiger partial charge < -0.3 is 14.4 Å². The van der Waals surface area contributed by atoms with E-state index in [-0.39, 0.29) is 0 Å². The van der Waals surface area contributed by atoms with Gasteiger partial charge in [0.05, 0.1) is 6.04 Å². The van der Waals surface area contributed by atoms with Gasteiger partial charge in [0.15, 0.2) is 0 Å². The van der Waals surface area contributed by atoms with Crippen LogP contribution in [0.15, 0.2) is 42.5 Å². The first-order valence-corrected chi connectivity index (χ1v) is 9.85. The Morgan fingerprint density at radius 3 is 2.36 bits per heavy atom. The summed E-state index contributed by atoms with van der Waals surface area (Å²) in [5.41, 5.74) is 4.21. The SMILES string of the molecule is CCn1c2ccccc2c2cc(C[NH+]3CC[NH+](C(C)C)CC3)ccc21. The summed E-state index contributed by atoms with van der Waals surface area (Å²) in [5, 5.41) is 2.81. The molecule has 0 unspecified atom stereocenters. The van der Waals surface area contributed by atoms with Crippen LogP contribution in [0.1, 0.15) is 26.3 Å². The average molecular weight is 338 g/mol. The van der Waals surface area contributed by atoms with E-state index in [2.05, 4.69) is 67.8 Å². The Hall–Kier alpha value is -1.84. The Morgan fingerprint density at radius 1 is 0.920 bits per heavy atom. The van der Waals surface area contributed by atoms with Gasteiger partial charge in [0.2, 0.25) is 0 Å². The minimum Gasteiger partial charge on any atom is -0.341 e. The van der Waals surface area contributed by atoms with Crippen molar-refractivity contribution >= 4 is 21.8 Å². The summed E-state index contributed by atoms with van der Waals surface area (Å²) < 4.78 is 2.44. The topological polar surface area (TPSA) is 13.8 Å². The predicted molar refractivity (Wildman–Crippen MR) is 105 cm³/mol. The molecule has 132 valence electrons. The lowest BCUT2D eigenvalue weighted by molar-refractivity contribution is -1.03. The molecule has 1 saturated heterocycles. The highest BCUT2D eigenvalue weighted by atomic mass is 15.3. The van der Waals surface area contributed by atoms with Gasteiger partial charge in [0, 0.05) is 33.9 Å². The second kappa shape index (κ2) is 6.81. The number of piperazine rings is 1. The normalized spacial score (nSPS) is 21.4. The molecule has 0 spiro atoms. The number of benzene rings is 2. The second-order valence-corrected chi connectivity index (χ2v) is 7.85. The molecule has 0 atom stereocenters. The molecule has 3 nitrogen and oxygen atoms in total. The maximum absolute atomic E-state index is 2.44. The van der Waals surface area contributed by atoms with Crippen molar-refractivity contribution in [1.29, 1.82) is 0 Å². The van der Waals surface area contributed by atoms with Gasteiger partial charge in [-0.3, -0.25) is 0 Å². The van der Waals surface area contributed by atoms with Crippen molar-refractivity contribution in [2.24, 2.45) is 0 Å². The maximum atomic E-state index is 2.44. The third kappa shape index (κ3) is 3.07. The van der Waals surface area contributed by atoms with E-state index >= 15 is 0 Å². The van der Waals surface area contributed by atoms with Crippen LogP contribution in [-0.2, 0) is 13.1 Å². The summed E-state index contributed by atoms with van der Waals surface area (Å²) in [5.74, 6) is 0. The van der Waals surface area contributed by atoms with E-state index in [0.29, 0.717) is 0 Å². The van der Waals surface area contributed by atoms with E-state index in [9.17, 15) is 0 Å². The van der Waals surface area contributed by atoms with Gasteiger partial charge >= 0.3 is 0 Å². The van der Waals surface area contributed by atoms with Crippen LogP contribution in [0.2, 0.25) is 0 Å². The molecule has 4 rings (SSSR count). The van der Waals surface area contributed by atoms with Gasteiger partial charge in [0.25, 0.3) is 0 Å². The Balaban J connectivity index is 1.61. The highest BCUT2D eigenvalue weighted by Gasteiger charge is 2.24. The Kier molecular flexibility index (Phi) is 4.53. The van der Waals surface area contributed by atoms with Crippen LogP contribution >= 0.6 is 0 Å². The van der Waals surface area contributed by atoms with E-state index in [1.165, 1.54) is 53.5 Å². The molecule has 2 aromatic carbocycles. The largest absolute Gasteiger partial charge is 0.341 e. The fraction of sp³-hybridized carbons (Fsp3) is 0.455. The standard InChI is InChI=1S/C22H29N3/c1-4-25-21-8-6-5-7-19(21)20-15-18(9-10-22(20)25)16-23-11-13-24(14-12-23)17(2)3/h5-10,15,17H,4,11-14,16H2,1-3H3/p+2. The number of rotatable bonds is 4. The van der Waals surface area contributed by atoms with Crippen molar-refractivity contribution < 1.29 is 9.80 Å². The summed E-state index contributed by atoms with van der Waals surface area (Å²) >= 11 is 0. The fourth-order valence-corrected chi connectivity index (χ4v) is 4.52. The number of fused-ring (bicyclic) bond motifs is 3. The van der Waals surface area contributed by atoms with Crippen LogP contribution in [0.3, 0.4) is 0 Å². The molecule has 2 N–H and O–H groups in total. The molecule has 3 aromatic rings. The smallest absolute Gasteiger partial charge is 0.127 e. The van der Waals surface area contributed by atoms with E-state index in [1.807, 2.05) is 0 Å². The van der Waals surface area contributed by atoms with Crippen molar-refractivity contribution in [2.75, 3.05) is 26.2 Å². The zero-order chi connectivity index (χ0) is 17.4. The van der Waals surface area contributed by atoms with Crippen molar-refractivity contribution in [3.63, 3.8) is 0 Å². The first-order valence-electron chi connectivity index (χ1n) is 9.85. The molecule has 0 bridgehead atoms. The fourth-order valence-electron chi connectivity index (χ4n) is 4.52. The van der Waals surface area contributed by atoms with E-state index in [1.54, 1.807) is 9.80 Å². The van der Waals surface area contributed by atoms with Crippen LogP contribution in [0.5, 0.6) is 0 Å². The van der Waals surface area contributed by atoms with E-state index in [0.717, 1.165) is 19.1 Å². The van der Waals surface area contributed by atoms with Gasteiger partial charge in [-0.05, 0) is 39.0 Å². The number of aromatic nitrogens is 1. The lowest BCUT2D eigenvalue weighted by atomic mass is 10.1. The molecule has 1 aliphatic rings. The molecule has 1 aromatic heterocycles. The number of quaternary nitrogens is 2.